The zero-order valence-corrected chi connectivity index (χ0v) is 11.0. The first-order chi connectivity index (χ1) is 8.06. The monoisotopic (exact) mass is 235 g/mol. The van der Waals surface area contributed by atoms with Crippen LogP contribution in [-0.2, 0) is 0 Å². The van der Waals surface area contributed by atoms with E-state index in [1.54, 1.807) is 14.2 Å². The molecule has 0 heterocycles. The smallest absolute Gasteiger partial charge is 0.160 e. The Kier molecular flexibility index (Phi) is 3.04. The van der Waals surface area contributed by atoms with E-state index in [9.17, 15) is 0 Å². The Labute approximate surface area is 103 Å². The van der Waals surface area contributed by atoms with Crippen molar-refractivity contribution in [2.24, 2.45) is 17.1 Å². The van der Waals surface area contributed by atoms with E-state index in [2.05, 4.69) is 26.0 Å². The second kappa shape index (κ2) is 4.22. The quantitative estimate of drug-likeness (QED) is 0.871. The number of methoxy groups -OCH3 is 2. The minimum absolute atomic E-state index is 0.300. The van der Waals surface area contributed by atoms with Crippen LogP contribution in [0.1, 0.15) is 25.3 Å². The summed E-state index contributed by atoms with van der Waals surface area (Å²) in [7, 11) is 3.32. The van der Waals surface area contributed by atoms with Crippen LogP contribution in [0.5, 0.6) is 11.5 Å². The van der Waals surface area contributed by atoms with Crippen molar-refractivity contribution in [3.8, 4) is 11.5 Å². The molecule has 2 rings (SSSR count). The number of benzene rings is 1. The number of rotatable bonds is 4. The van der Waals surface area contributed by atoms with Gasteiger partial charge in [-0.1, -0.05) is 19.9 Å². The van der Waals surface area contributed by atoms with Crippen LogP contribution in [0, 0.1) is 11.3 Å². The lowest BCUT2D eigenvalue weighted by Gasteiger charge is -2.10. The van der Waals surface area contributed by atoms with Crippen molar-refractivity contribution >= 4 is 0 Å². The molecule has 0 spiro atoms. The van der Waals surface area contributed by atoms with Crippen molar-refractivity contribution < 1.29 is 9.47 Å². The van der Waals surface area contributed by atoms with Gasteiger partial charge in [-0.15, -0.1) is 0 Å². The normalized spacial score (nSPS) is 25.5. The van der Waals surface area contributed by atoms with E-state index in [0.29, 0.717) is 17.3 Å². The Bertz CT molecular complexity index is 415. The van der Waals surface area contributed by atoms with Crippen molar-refractivity contribution in [3.05, 3.63) is 23.8 Å². The maximum Gasteiger partial charge on any atom is 0.160 e. The Balaban J connectivity index is 2.30. The van der Waals surface area contributed by atoms with E-state index >= 15 is 0 Å². The molecule has 1 fully saturated rings. The molecule has 17 heavy (non-hydrogen) atoms. The van der Waals surface area contributed by atoms with E-state index in [-0.39, 0.29) is 0 Å². The van der Waals surface area contributed by atoms with E-state index in [0.717, 1.165) is 18.0 Å². The first kappa shape index (κ1) is 12.2. The topological polar surface area (TPSA) is 44.5 Å². The van der Waals surface area contributed by atoms with E-state index < -0.39 is 0 Å². The fraction of sp³-hybridized carbons (Fsp3) is 0.571. The van der Waals surface area contributed by atoms with Gasteiger partial charge in [0.1, 0.15) is 0 Å². The Morgan fingerprint density at radius 2 is 1.82 bits per heavy atom. The molecular weight excluding hydrogens is 214 g/mol. The average molecular weight is 235 g/mol. The Morgan fingerprint density at radius 1 is 1.18 bits per heavy atom. The minimum atomic E-state index is 0.300. The molecule has 0 aliphatic heterocycles. The highest BCUT2D eigenvalue weighted by Crippen LogP contribution is 2.64. The molecule has 1 aliphatic rings. The van der Waals surface area contributed by atoms with Crippen LogP contribution in [0.2, 0.25) is 0 Å². The number of ether oxygens (including phenoxy) is 2. The highest BCUT2D eigenvalue weighted by Gasteiger charge is 2.57. The molecule has 1 aromatic carbocycles. The molecule has 94 valence electrons. The fourth-order valence-corrected chi connectivity index (χ4v) is 2.89. The maximum atomic E-state index is 5.81. The van der Waals surface area contributed by atoms with Gasteiger partial charge in [0.15, 0.2) is 11.5 Å². The van der Waals surface area contributed by atoms with E-state index in [1.165, 1.54) is 5.56 Å². The van der Waals surface area contributed by atoms with Crippen LogP contribution in [-0.4, -0.2) is 20.8 Å². The fourth-order valence-electron chi connectivity index (χ4n) is 2.89. The SMILES string of the molecule is COc1ccc([C@H]2[C@H](CN)C2(C)C)cc1OC. The Hall–Kier alpha value is -1.22. The van der Waals surface area contributed by atoms with E-state index in [1.807, 2.05) is 6.07 Å². The van der Waals surface area contributed by atoms with Crippen molar-refractivity contribution in [2.45, 2.75) is 19.8 Å². The highest BCUT2D eigenvalue weighted by molar-refractivity contribution is 5.46. The molecule has 0 amide bonds. The van der Waals surface area contributed by atoms with Gasteiger partial charge in [0.05, 0.1) is 14.2 Å². The molecule has 3 heteroatoms. The average Bonchev–Trinajstić information content (AvgIpc) is 2.90. The largest absolute Gasteiger partial charge is 0.493 e. The number of hydrogen-bond acceptors (Lipinski definition) is 3. The molecular formula is C14H21NO2. The van der Waals surface area contributed by atoms with Crippen molar-refractivity contribution in [3.63, 3.8) is 0 Å². The summed E-state index contributed by atoms with van der Waals surface area (Å²) in [5, 5.41) is 0. The summed E-state index contributed by atoms with van der Waals surface area (Å²) in [5.74, 6) is 2.68. The molecule has 2 atom stereocenters. The first-order valence-corrected chi connectivity index (χ1v) is 5.98. The molecule has 0 saturated heterocycles. The molecule has 1 aromatic rings. The third kappa shape index (κ3) is 1.89. The molecule has 2 N–H and O–H groups in total. The Morgan fingerprint density at radius 3 is 2.29 bits per heavy atom. The van der Waals surface area contributed by atoms with Crippen molar-refractivity contribution in [1.82, 2.24) is 0 Å². The summed E-state index contributed by atoms with van der Waals surface area (Å²) >= 11 is 0. The lowest BCUT2D eigenvalue weighted by atomic mass is 10.0. The minimum Gasteiger partial charge on any atom is -0.493 e. The second-order valence-electron chi connectivity index (χ2n) is 5.26. The third-order valence-corrected chi connectivity index (χ3v) is 4.07. The summed E-state index contributed by atoms with van der Waals surface area (Å²) in [4.78, 5) is 0. The highest BCUT2D eigenvalue weighted by atomic mass is 16.5. The van der Waals surface area contributed by atoms with Crippen LogP contribution in [0.15, 0.2) is 18.2 Å². The summed E-state index contributed by atoms with van der Waals surface area (Å²) < 4.78 is 10.6. The zero-order valence-electron chi connectivity index (χ0n) is 11.0. The van der Waals surface area contributed by atoms with Crippen LogP contribution in [0.25, 0.3) is 0 Å². The molecule has 0 radical (unpaired) electrons. The third-order valence-electron chi connectivity index (χ3n) is 4.07. The van der Waals surface area contributed by atoms with Crippen LogP contribution >= 0.6 is 0 Å². The predicted molar refractivity (Wildman–Crippen MR) is 68.6 cm³/mol. The van der Waals surface area contributed by atoms with Crippen LogP contribution in [0.4, 0.5) is 0 Å². The van der Waals surface area contributed by atoms with Gasteiger partial charge in [-0.3, -0.25) is 0 Å². The van der Waals surface area contributed by atoms with Gasteiger partial charge in [0.25, 0.3) is 0 Å². The van der Waals surface area contributed by atoms with Gasteiger partial charge in [-0.2, -0.15) is 0 Å². The summed E-state index contributed by atoms with van der Waals surface area (Å²) in [6, 6.07) is 6.15. The van der Waals surface area contributed by atoms with Crippen molar-refractivity contribution in [1.29, 1.82) is 0 Å². The maximum absolute atomic E-state index is 5.81. The van der Waals surface area contributed by atoms with Gasteiger partial charge in [0, 0.05) is 0 Å². The van der Waals surface area contributed by atoms with Gasteiger partial charge in [-0.05, 0) is 41.5 Å². The number of hydrogen-bond donors (Lipinski definition) is 1. The summed E-state index contributed by atoms with van der Waals surface area (Å²) in [5.41, 5.74) is 7.40. The molecule has 1 aliphatic carbocycles. The van der Waals surface area contributed by atoms with E-state index in [4.69, 9.17) is 15.2 Å². The molecule has 0 aromatic heterocycles. The molecule has 3 nitrogen and oxygen atoms in total. The van der Waals surface area contributed by atoms with Crippen LogP contribution < -0.4 is 15.2 Å². The van der Waals surface area contributed by atoms with Gasteiger partial charge in [-0.25, -0.2) is 0 Å². The molecule has 0 unspecified atom stereocenters. The molecule has 1 saturated carbocycles. The van der Waals surface area contributed by atoms with Gasteiger partial charge < -0.3 is 15.2 Å². The van der Waals surface area contributed by atoms with Crippen LogP contribution in [0.3, 0.4) is 0 Å². The zero-order chi connectivity index (χ0) is 12.6. The lowest BCUT2D eigenvalue weighted by Crippen LogP contribution is -2.05. The predicted octanol–water partition coefficient (Wildman–Crippen LogP) is 2.40. The van der Waals surface area contributed by atoms with Crippen molar-refractivity contribution in [2.75, 3.05) is 20.8 Å². The number of nitrogens with two attached hydrogens (primary N) is 1. The van der Waals surface area contributed by atoms with Gasteiger partial charge in [0.2, 0.25) is 0 Å². The lowest BCUT2D eigenvalue weighted by molar-refractivity contribution is 0.354. The summed E-state index contributed by atoms with van der Waals surface area (Å²) in [6.45, 7) is 5.28. The first-order valence-electron chi connectivity index (χ1n) is 5.98. The van der Waals surface area contributed by atoms with Gasteiger partial charge >= 0.3 is 0 Å². The standard InChI is InChI=1S/C14H21NO2/c1-14(2)10(8-15)13(14)9-5-6-11(16-3)12(7-9)17-4/h5-7,10,13H,8,15H2,1-4H3/t10-,13-/m0/s1. The molecule has 0 bridgehead atoms. The second-order valence-corrected chi connectivity index (χ2v) is 5.26. The summed E-state index contributed by atoms with van der Waals surface area (Å²) in [6.07, 6.45) is 0.